The number of fused-ring (bicyclic) bond motifs is 1. The maximum atomic E-state index is 11.5. The van der Waals surface area contributed by atoms with E-state index >= 15 is 0 Å². The van der Waals surface area contributed by atoms with Crippen molar-refractivity contribution in [1.29, 1.82) is 0 Å². The Hall–Kier alpha value is -1.43. The van der Waals surface area contributed by atoms with Crippen molar-refractivity contribution in [3.63, 3.8) is 0 Å². The lowest BCUT2D eigenvalue weighted by atomic mass is 10.2. The van der Waals surface area contributed by atoms with Crippen LogP contribution in [0.2, 0.25) is 0 Å². The Morgan fingerprint density at radius 1 is 1.40 bits per heavy atom. The van der Waals surface area contributed by atoms with Crippen LogP contribution in [0.5, 0.6) is 0 Å². The number of hydrogen-bond donors (Lipinski definition) is 2. The SMILES string of the molecule is NNC(=O)CCCN1C(=O)C2CC2C1=O. The van der Waals surface area contributed by atoms with Crippen LogP contribution in [0.4, 0.5) is 0 Å². The lowest BCUT2D eigenvalue weighted by molar-refractivity contribution is -0.141. The fourth-order valence-electron chi connectivity index (χ4n) is 1.94. The third-order valence-corrected chi connectivity index (χ3v) is 2.90. The van der Waals surface area contributed by atoms with Gasteiger partial charge >= 0.3 is 0 Å². The molecule has 6 nitrogen and oxygen atoms in total. The van der Waals surface area contributed by atoms with E-state index in [1.54, 1.807) is 0 Å². The molecule has 1 saturated heterocycles. The van der Waals surface area contributed by atoms with E-state index in [0.717, 1.165) is 6.42 Å². The summed E-state index contributed by atoms with van der Waals surface area (Å²) in [6, 6.07) is 0. The van der Waals surface area contributed by atoms with Crippen LogP contribution in [-0.2, 0) is 14.4 Å². The van der Waals surface area contributed by atoms with Gasteiger partial charge in [0.15, 0.2) is 0 Å². The molecule has 82 valence electrons. The van der Waals surface area contributed by atoms with Gasteiger partial charge in [0.1, 0.15) is 0 Å². The molecule has 2 atom stereocenters. The quantitative estimate of drug-likeness (QED) is 0.263. The molecule has 0 radical (unpaired) electrons. The molecule has 2 unspecified atom stereocenters. The summed E-state index contributed by atoms with van der Waals surface area (Å²) in [4.78, 5) is 35.0. The van der Waals surface area contributed by atoms with Crippen molar-refractivity contribution in [2.24, 2.45) is 17.7 Å². The zero-order valence-corrected chi connectivity index (χ0v) is 8.23. The van der Waals surface area contributed by atoms with Gasteiger partial charge in [-0.25, -0.2) is 5.84 Å². The number of imide groups is 1. The summed E-state index contributed by atoms with van der Waals surface area (Å²) in [5.41, 5.74) is 2.00. The van der Waals surface area contributed by atoms with Crippen LogP contribution in [0.25, 0.3) is 0 Å². The summed E-state index contributed by atoms with van der Waals surface area (Å²) in [6.45, 7) is 0.331. The van der Waals surface area contributed by atoms with Crippen LogP contribution >= 0.6 is 0 Å². The third kappa shape index (κ3) is 1.72. The van der Waals surface area contributed by atoms with Crippen molar-refractivity contribution in [3.05, 3.63) is 0 Å². The van der Waals surface area contributed by atoms with Gasteiger partial charge in [-0.1, -0.05) is 0 Å². The first-order valence-electron chi connectivity index (χ1n) is 5.00. The molecule has 15 heavy (non-hydrogen) atoms. The second kappa shape index (κ2) is 3.62. The molecule has 0 bridgehead atoms. The summed E-state index contributed by atoms with van der Waals surface area (Å²) < 4.78 is 0. The van der Waals surface area contributed by atoms with E-state index in [1.165, 1.54) is 4.90 Å². The van der Waals surface area contributed by atoms with Crippen LogP contribution in [0.1, 0.15) is 19.3 Å². The molecule has 2 rings (SSSR count). The predicted octanol–water partition coefficient (Wildman–Crippen LogP) is -1.24. The van der Waals surface area contributed by atoms with Crippen molar-refractivity contribution in [2.75, 3.05) is 6.54 Å². The molecular formula is C9H13N3O3. The van der Waals surface area contributed by atoms with E-state index in [9.17, 15) is 14.4 Å². The molecular weight excluding hydrogens is 198 g/mol. The van der Waals surface area contributed by atoms with Gasteiger partial charge in [-0.2, -0.15) is 0 Å². The van der Waals surface area contributed by atoms with E-state index in [1.807, 2.05) is 5.43 Å². The van der Waals surface area contributed by atoms with Gasteiger partial charge in [0, 0.05) is 13.0 Å². The molecule has 0 aromatic carbocycles. The molecule has 3 amide bonds. The maximum absolute atomic E-state index is 11.5. The van der Waals surface area contributed by atoms with Gasteiger partial charge in [0.25, 0.3) is 0 Å². The van der Waals surface area contributed by atoms with Gasteiger partial charge in [-0.3, -0.25) is 24.7 Å². The van der Waals surface area contributed by atoms with Gasteiger partial charge in [-0.05, 0) is 12.8 Å². The van der Waals surface area contributed by atoms with Gasteiger partial charge < -0.3 is 0 Å². The van der Waals surface area contributed by atoms with Crippen molar-refractivity contribution in [1.82, 2.24) is 10.3 Å². The van der Waals surface area contributed by atoms with Crippen LogP contribution < -0.4 is 11.3 Å². The fourth-order valence-corrected chi connectivity index (χ4v) is 1.94. The lowest BCUT2D eigenvalue weighted by Gasteiger charge is -2.15. The smallest absolute Gasteiger partial charge is 0.233 e. The molecule has 0 aromatic rings. The number of likely N-dealkylation sites (tertiary alicyclic amines) is 1. The average Bonchev–Trinajstić information content (AvgIpc) is 2.97. The lowest BCUT2D eigenvalue weighted by Crippen LogP contribution is -2.35. The first kappa shape index (κ1) is 10.1. The Morgan fingerprint density at radius 3 is 2.53 bits per heavy atom. The number of nitrogens with two attached hydrogens (primary N) is 1. The normalized spacial score (nSPS) is 27.9. The molecule has 1 aliphatic heterocycles. The summed E-state index contributed by atoms with van der Waals surface area (Å²) >= 11 is 0. The number of hydrazine groups is 1. The number of nitrogens with one attached hydrogen (secondary N) is 1. The maximum Gasteiger partial charge on any atom is 0.233 e. The van der Waals surface area contributed by atoms with Crippen LogP contribution in [0.3, 0.4) is 0 Å². The number of hydrogen-bond acceptors (Lipinski definition) is 4. The Balaban J connectivity index is 1.78. The third-order valence-electron chi connectivity index (χ3n) is 2.90. The highest BCUT2D eigenvalue weighted by molar-refractivity contribution is 6.08. The largest absolute Gasteiger partial charge is 0.294 e. The Morgan fingerprint density at radius 2 is 2.00 bits per heavy atom. The van der Waals surface area contributed by atoms with E-state index < -0.39 is 0 Å². The molecule has 1 aliphatic carbocycles. The molecule has 6 heteroatoms. The van der Waals surface area contributed by atoms with Crippen molar-refractivity contribution >= 4 is 17.7 Å². The van der Waals surface area contributed by atoms with E-state index in [-0.39, 0.29) is 36.0 Å². The number of amides is 3. The van der Waals surface area contributed by atoms with Crippen LogP contribution in [0.15, 0.2) is 0 Å². The Labute approximate surface area is 86.8 Å². The zero-order valence-electron chi connectivity index (χ0n) is 8.23. The summed E-state index contributed by atoms with van der Waals surface area (Å²) in [5, 5.41) is 0. The van der Waals surface area contributed by atoms with Gasteiger partial charge in [-0.15, -0.1) is 0 Å². The Bertz CT molecular complexity index is 309. The van der Waals surface area contributed by atoms with Gasteiger partial charge in [0.2, 0.25) is 17.7 Å². The molecule has 1 saturated carbocycles. The topological polar surface area (TPSA) is 92.5 Å². The molecule has 2 fully saturated rings. The molecule has 0 aromatic heterocycles. The van der Waals surface area contributed by atoms with Crippen LogP contribution in [0, 0.1) is 11.8 Å². The monoisotopic (exact) mass is 211 g/mol. The standard InChI is InChI=1S/C9H13N3O3/c10-11-7(13)2-1-3-12-8(14)5-4-6(5)9(12)15/h5-6H,1-4,10H2,(H,11,13). The minimum absolute atomic E-state index is 0.0548. The molecule has 0 spiro atoms. The summed E-state index contributed by atoms with van der Waals surface area (Å²) in [6.07, 6.45) is 1.43. The average molecular weight is 211 g/mol. The van der Waals surface area contributed by atoms with E-state index in [2.05, 4.69) is 0 Å². The second-order valence-corrected chi connectivity index (χ2v) is 3.95. The second-order valence-electron chi connectivity index (χ2n) is 3.95. The van der Waals surface area contributed by atoms with Gasteiger partial charge in [0.05, 0.1) is 11.8 Å². The number of rotatable bonds is 4. The summed E-state index contributed by atoms with van der Waals surface area (Å²) in [7, 11) is 0. The van der Waals surface area contributed by atoms with Crippen LogP contribution in [-0.4, -0.2) is 29.2 Å². The van der Waals surface area contributed by atoms with Crippen molar-refractivity contribution in [2.45, 2.75) is 19.3 Å². The number of nitrogens with zero attached hydrogens (tertiary/aromatic N) is 1. The Kier molecular flexibility index (Phi) is 2.44. The minimum atomic E-state index is -0.278. The van der Waals surface area contributed by atoms with E-state index in [0.29, 0.717) is 13.0 Å². The molecule has 1 heterocycles. The van der Waals surface area contributed by atoms with Crippen molar-refractivity contribution in [3.8, 4) is 0 Å². The van der Waals surface area contributed by atoms with Crippen molar-refractivity contribution < 1.29 is 14.4 Å². The zero-order chi connectivity index (χ0) is 11.0. The number of piperidine rings is 1. The first-order chi connectivity index (χ1) is 7.15. The summed E-state index contributed by atoms with van der Waals surface area (Å²) in [5.74, 6) is 4.37. The fraction of sp³-hybridized carbons (Fsp3) is 0.667. The molecule has 3 N–H and O–H groups in total. The highest BCUT2D eigenvalue weighted by atomic mass is 16.2. The minimum Gasteiger partial charge on any atom is -0.294 e. The van der Waals surface area contributed by atoms with E-state index in [4.69, 9.17) is 5.84 Å². The first-order valence-corrected chi connectivity index (χ1v) is 5.00. The predicted molar refractivity (Wildman–Crippen MR) is 49.9 cm³/mol. The number of carbonyl (C=O) groups excluding carboxylic acids is 3. The highest BCUT2D eigenvalue weighted by Gasteiger charge is 2.58. The highest BCUT2D eigenvalue weighted by Crippen LogP contribution is 2.46. The number of carbonyl (C=O) groups is 3. The molecule has 2 aliphatic rings.